The quantitative estimate of drug-likeness (QED) is 0.134. The topological polar surface area (TPSA) is 117 Å². The molecule has 0 saturated carbocycles. The van der Waals surface area contributed by atoms with Crippen molar-refractivity contribution in [1.82, 2.24) is 4.90 Å². The van der Waals surface area contributed by atoms with E-state index >= 15 is 4.11 Å². The molecule has 13 heteroatoms. The molecule has 0 aromatic heterocycles. The Bertz CT molecular complexity index is 1920. The molecule has 3 amide bonds. The Hall–Kier alpha value is -3.91. The lowest BCUT2D eigenvalue weighted by Crippen LogP contribution is -2.54. The Morgan fingerprint density at radius 1 is 1.06 bits per heavy atom. The van der Waals surface area contributed by atoms with Crippen LogP contribution in [0.2, 0.25) is 18.6 Å². The minimum absolute atomic E-state index is 0.0964. The fraction of sp³-hybridized carbons (Fsp3) is 0.421. The van der Waals surface area contributed by atoms with Gasteiger partial charge in [0.25, 0.3) is 5.91 Å². The first-order chi connectivity index (χ1) is 24.2. The zero-order valence-corrected chi connectivity index (χ0v) is 31.6. The van der Waals surface area contributed by atoms with Crippen LogP contribution in [0.1, 0.15) is 48.9 Å². The van der Waals surface area contributed by atoms with Crippen molar-refractivity contribution in [2.75, 3.05) is 16.4 Å². The number of β-lactam (4-membered cyclic amide) rings is 1. The van der Waals surface area contributed by atoms with E-state index in [1.807, 2.05) is 55.5 Å². The Kier molecular flexibility index (Phi) is 9.22. The van der Waals surface area contributed by atoms with Gasteiger partial charge in [-0.1, -0.05) is 59.3 Å². The van der Waals surface area contributed by atoms with Crippen molar-refractivity contribution in [1.29, 1.82) is 0 Å². The number of carbonyl (C=O) groups is 4. The molecule has 1 unspecified atom stereocenters. The Labute approximate surface area is 305 Å². The molecule has 0 bridgehead atoms. The highest BCUT2D eigenvalue weighted by Crippen LogP contribution is 2.60. The zero-order chi connectivity index (χ0) is 36.4. The summed E-state index contributed by atoms with van der Waals surface area (Å²) < 4.78 is 29.4. The van der Waals surface area contributed by atoms with Crippen LogP contribution in [-0.2, 0) is 53.8 Å². The van der Waals surface area contributed by atoms with Gasteiger partial charge in [0.15, 0.2) is 11.8 Å². The van der Waals surface area contributed by atoms with Crippen LogP contribution in [0.5, 0.6) is 0 Å². The van der Waals surface area contributed by atoms with Crippen LogP contribution in [-0.4, -0.2) is 67.1 Å². The molecule has 6 atom stereocenters. The molecule has 0 radical (unpaired) electrons. The number of amides is 3. The third-order valence-corrected chi connectivity index (χ3v) is 13.9. The van der Waals surface area contributed by atoms with Crippen molar-refractivity contribution in [2.24, 2.45) is 5.92 Å². The standard InChI is InChI=1S/C38H41BrFN3O7Si/c1-22-36(51(3,4)40)32(17-33(46)41-20-26-10-6-5-9-25(26)15-29(41)21-44)50-38(22)30-16-27(39)12-13-31(30)42(37(38)48)19-24-8-7-11-28(14-24)43-34(47)18-35(43)49-23(2)45/h5-14,16,22,29,32,35-36,44H,15,17-21H2,1-4H3/t22-,29-,32+,35?,36-,38+/m0/s1. The van der Waals surface area contributed by atoms with Gasteiger partial charge < -0.3 is 28.5 Å². The van der Waals surface area contributed by atoms with Gasteiger partial charge in [-0.25, -0.2) is 0 Å². The second-order valence-electron chi connectivity index (χ2n) is 14.6. The fourth-order valence-electron chi connectivity index (χ4n) is 8.68. The number of hydrogen-bond acceptors (Lipinski definition) is 7. The molecule has 268 valence electrons. The molecule has 4 aliphatic rings. The maximum Gasteiger partial charge on any atom is 0.304 e. The van der Waals surface area contributed by atoms with Gasteiger partial charge in [-0.05, 0) is 66.5 Å². The van der Waals surface area contributed by atoms with Crippen molar-refractivity contribution < 1.29 is 37.9 Å². The second-order valence-corrected chi connectivity index (χ2v) is 19.3. The molecule has 7 rings (SSSR count). The number of aliphatic hydroxyl groups is 1. The molecule has 3 aromatic rings. The smallest absolute Gasteiger partial charge is 0.304 e. The maximum atomic E-state index is 16.5. The summed E-state index contributed by atoms with van der Waals surface area (Å²) in [5.41, 5.74) is 2.37. The molecular formula is C38H41BrFN3O7Si. The van der Waals surface area contributed by atoms with Gasteiger partial charge in [0.05, 0.1) is 43.8 Å². The van der Waals surface area contributed by atoms with E-state index in [0.29, 0.717) is 29.9 Å². The third kappa shape index (κ3) is 6.11. The summed E-state index contributed by atoms with van der Waals surface area (Å²) >= 11 is 3.57. The highest BCUT2D eigenvalue weighted by atomic mass is 79.9. The molecule has 4 heterocycles. The van der Waals surface area contributed by atoms with Crippen LogP contribution in [0.4, 0.5) is 15.5 Å². The number of aliphatic hydroxyl groups excluding tert-OH is 1. The van der Waals surface area contributed by atoms with E-state index in [4.69, 9.17) is 9.47 Å². The van der Waals surface area contributed by atoms with Crippen molar-refractivity contribution in [3.8, 4) is 0 Å². The molecule has 10 nitrogen and oxygen atoms in total. The molecule has 0 aliphatic carbocycles. The van der Waals surface area contributed by atoms with Gasteiger partial charge in [-0.2, -0.15) is 0 Å². The molecular weight excluding hydrogens is 737 g/mol. The molecule has 2 fully saturated rings. The molecule has 4 aliphatic heterocycles. The monoisotopic (exact) mass is 777 g/mol. The fourth-order valence-corrected chi connectivity index (χ4v) is 11.5. The summed E-state index contributed by atoms with van der Waals surface area (Å²) in [6, 6.07) is 20.1. The summed E-state index contributed by atoms with van der Waals surface area (Å²) in [4.78, 5) is 57.8. The van der Waals surface area contributed by atoms with Gasteiger partial charge in [0, 0.05) is 40.7 Å². The number of fused-ring (bicyclic) bond motifs is 3. The van der Waals surface area contributed by atoms with E-state index in [1.54, 1.807) is 41.1 Å². The van der Waals surface area contributed by atoms with E-state index < -0.39 is 49.8 Å². The van der Waals surface area contributed by atoms with E-state index in [-0.39, 0.29) is 43.7 Å². The van der Waals surface area contributed by atoms with Gasteiger partial charge in [-0.3, -0.25) is 24.1 Å². The highest BCUT2D eigenvalue weighted by molar-refractivity contribution is 9.10. The summed E-state index contributed by atoms with van der Waals surface area (Å²) in [6.45, 7) is 6.62. The minimum atomic E-state index is -3.55. The third-order valence-electron chi connectivity index (χ3n) is 10.9. The van der Waals surface area contributed by atoms with Crippen LogP contribution in [0.3, 0.4) is 0 Å². The lowest BCUT2D eigenvalue weighted by atomic mass is 9.82. The molecule has 51 heavy (non-hydrogen) atoms. The van der Waals surface area contributed by atoms with Gasteiger partial charge in [0.2, 0.25) is 20.2 Å². The first kappa shape index (κ1) is 35.5. The Balaban J connectivity index is 1.20. The minimum Gasteiger partial charge on any atom is -0.441 e. The molecule has 1 N–H and O–H groups in total. The Morgan fingerprint density at radius 2 is 1.80 bits per heavy atom. The maximum absolute atomic E-state index is 16.5. The van der Waals surface area contributed by atoms with Gasteiger partial charge in [-0.15, -0.1) is 0 Å². The van der Waals surface area contributed by atoms with E-state index in [0.717, 1.165) is 21.2 Å². The number of nitrogens with zero attached hydrogens (tertiary/aromatic N) is 3. The largest absolute Gasteiger partial charge is 0.441 e. The van der Waals surface area contributed by atoms with Crippen LogP contribution < -0.4 is 9.80 Å². The molecule has 2 saturated heterocycles. The van der Waals surface area contributed by atoms with Crippen molar-refractivity contribution >= 4 is 59.4 Å². The predicted octanol–water partition coefficient (Wildman–Crippen LogP) is 5.73. The number of rotatable bonds is 8. The van der Waals surface area contributed by atoms with E-state index in [9.17, 15) is 24.3 Å². The normalized spacial score (nSPS) is 27.0. The van der Waals surface area contributed by atoms with Gasteiger partial charge in [0.1, 0.15) is 0 Å². The van der Waals surface area contributed by atoms with E-state index in [1.165, 1.54) is 11.8 Å². The SMILES string of the molecule is CC(=O)OC1CC(=O)N1c1cccc(CN2C(=O)[C@]3(O[C@H](CC(=O)N4Cc5ccccc5C[C@H]4CO)[C@@H]([Si](C)(C)F)[C@@H]3C)c3cc(Br)ccc32)c1. The predicted molar refractivity (Wildman–Crippen MR) is 194 cm³/mol. The number of hydrogen-bond donors (Lipinski definition) is 1. The van der Waals surface area contributed by atoms with Crippen molar-refractivity contribution in [3.05, 3.63) is 93.5 Å². The average molecular weight is 779 g/mol. The first-order valence-corrected chi connectivity index (χ1v) is 21.0. The van der Waals surface area contributed by atoms with Crippen molar-refractivity contribution in [3.63, 3.8) is 0 Å². The number of anilines is 2. The second kappa shape index (κ2) is 13.3. The van der Waals surface area contributed by atoms with Crippen LogP contribution >= 0.6 is 15.9 Å². The lowest BCUT2D eigenvalue weighted by molar-refractivity contribution is -0.154. The van der Waals surface area contributed by atoms with E-state index in [2.05, 4.69) is 15.9 Å². The lowest BCUT2D eigenvalue weighted by Gasteiger charge is -2.39. The number of halogens is 2. The molecule has 3 aromatic carbocycles. The summed E-state index contributed by atoms with van der Waals surface area (Å²) in [7, 11) is -3.55. The summed E-state index contributed by atoms with van der Waals surface area (Å²) in [5, 5.41) is 10.3. The number of ether oxygens (including phenoxy) is 2. The average Bonchev–Trinajstić information content (AvgIpc) is 3.49. The first-order valence-electron chi connectivity index (χ1n) is 17.3. The number of esters is 1. The van der Waals surface area contributed by atoms with Gasteiger partial charge >= 0.3 is 5.97 Å². The number of benzene rings is 3. The van der Waals surface area contributed by atoms with Crippen LogP contribution in [0.25, 0.3) is 0 Å². The molecule has 1 spiro atoms. The van der Waals surface area contributed by atoms with Crippen LogP contribution in [0, 0.1) is 5.92 Å². The Morgan fingerprint density at radius 3 is 2.49 bits per heavy atom. The highest BCUT2D eigenvalue weighted by Gasteiger charge is 2.67. The van der Waals surface area contributed by atoms with Crippen LogP contribution in [0.15, 0.2) is 71.2 Å². The number of carbonyl (C=O) groups excluding carboxylic acids is 4. The summed E-state index contributed by atoms with van der Waals surface area (Å²) in [6.07, 6.45) is -1.07. The zero-order valence-electron chi connectivity index (χ0n) is 29.0. The van der Waals surface area contributed by atoms with Crippen molar-refractivity contribution in [2.45, 2.75) is 88.8 Å². The summed E-state index contributed by atoms with van der Waals surface area (Å²) in [5.74, 6) is -1.85.